The van der Waals surface area contributed by atoms with Crippen LogP contribution in [-0.4, -0.2) is 5.16 Å². The second-order valence-corrected chi connectivity index (χ2v) is 5.32. The van der Waals surface area contributed by atoms with Crippen LogP contribution in [0, 0.1) is 11.6 Å². The van der Waals surface area contributed by atoms with Crippen molar-refractivity contribution in [2.24, 2.45) is 0 Å². The zero-order valence-corrected chi connectivity index (χ0v) is 12.2. The lowest BCUT2D eigenvalue weighted by Gasteiger charge is -2.04. The summed E-state index contributed by atoms with van der Waals surface area (Å²) in [6, 6.07) is 10.5. The van der Waals surface area contributed by atoms with E-state index in [0.29, 0.717) is 5.56 Å². The summed E-state index contributed by atoms with van der Waals surface area (Å²) >= 11 is 3.36. The molecule has 0 unspecified atom stereocenters. The normalized spacial score (nSPS) is 10.8. The van der Waals surface area contributed by atoms with Gasteiger partial charge < -0.3 is 10.3 Å². The number of anilines is 1. The number of halogens is 3. The van der Waals surface area contributed by atoms with Crippen LogP contribution in [0.15, 0.2) is 51.5 Å². The molecule has 1 heterocycles. The third-order valence-electron chi connectivity index (χ3n) is 3.01. The molecule has 3 rings (SSSR count). The number of rotatable bonds is 2. The number of nitrogen functional groups attached to an aromatic ring is 1. The Balaban J connectivity index is 2.22. The molecule has 0 aliphatic heterocycles. The van der Waals surface area contributed by atoms with E-state index < -0.39 is 11.6 Å². The van der Waals surface area contributed by atoms with Crippen LogP contribution in [0.4, 0.5) is 14.6 Å². The molecule has 106 valence electrons. The van der Waals surface area contributed by atoms with Crippen LogP contribution in [0.1, 0.15) is 0 Å². The van der Waals surface area contributed by atoms with E-state index in [0.717, 1.165) is 22.2 Å². The Morgan fingerprint density at radius 1 is 1.10 bits per heavy atom. The van der Waals surface area contributed by atoms with E-state index in [1.165, 1.54) is 6.07 Å². The first-order valence-electron chi connectivity index (χ1n) is 6.03. The van der Waals surface area contributed by atoms with Crippen molar-refractivity contribution >= 4 is 21.7 Å². The monoisotopic (exact) mass is 350 g/mol. The minimum Gasteiger partial charge on any atom is -0.380 e. The fourth-order valence-electron chi connectivity index (χ4n) is 2.08. The van der Waals surface area contributed by atoms with E-state index in [1.807, 2.05) is 18.2 Å². The largest absolute Gasteiger partial charge is 0.380 e. The molecule has 0 saturated heterocycles. The standard InChI is InChI=1S/C15H9BrF2N2O/c16-9-3-1-2-8(6-9)13-14(21-20-15(13)19)11-5-4-10(17)7-12(11)18/h1-7H,(H2,19,20). The summed E-state index contributed by atoms with van der Waals surface area (Å²) in [5, 5.41) is 3.69. The van der Waals surface area contributed by atoms with Gasteiger partial charge in [-0.15, -0.1) is 0 Å². The second kappa shape index (κ2) is 5.29. The third-order valence-corrected chi connectivity index (χ3v) is 3.50. The van der Waals surface area contributed by atoms with Crippen LogP contribution < -0.4 is 5.73 Å². The lowest BCUT2D eigenvalue weighted by Crippen LogP contribution is -1.90. The Bertz CT molecular complexity index is 817. The average Bonchev–Trinajstić information content (AvgIpc) is 2.80. The van der Waals surface area contributed by atoms with E-state index in [-0.39, 0.29) is 17.1 Å². The maximum Gasteiger partial charge on any atom is 0.179 e. The van der Waals surface area contributed by atoms with Crippen molar-refractivity contribution in [1.29, 1.82) is 0 Å². The summed E-state index contributed by atoms with van der Waals surface area (Å²) in [6.45, 7) is 0. The van der Waals surface area contributed by atoms with Crippen molar-refractivity contribution in [2.45, 2.75) is 0 Å². The van der Waals surface area contributed by atoms with Crippen LogP contribution in [0.25, 0.3) is 22.5 Å². The second-order valence-electron chi connectivity index (χ2n) is 4.41. The Labute approximate surface area is 127 Å². The molecule has 0 bridgehead atoms. The van der Waals surface area contributed by atoms with Crippen molar-refractivity contribution in [3.05, 3.63) is 58.6 Å². The predicted octanol–water partition coefficient (Wildman–Crippen LogP) is 4.63. The molecule has 0 aliphatic rings. The van der Waals surface area contributed by atoms with Crippen molar-refractivity contribution in [3.8, 4) is 22.5 Å². The molecular weight excluding hydrogens is 342 g/mol. The molecule has 0 aliphatic carbocycles. The zero-order valence-electron chi connectivity index (χ0n) is 10.6. The minimum absolute atomic E-state index is 0.107. The first-order valence-corrected chi connectivity index (χ1v) is 6.82. The van der Waals surface area contributed by atoms with Gasteiger partial charge in [0.1, 0.15) is 11.6 Å². The molecule has 2 N–H and O–H groups in total. The topological polar surface area (TPSA) is 52.0 Å². The quantitative estimate of drug-likeness (QED) is 0.732. The van der Waals surface area contributed by atoms with Gasteiger partial charge >= 0.3 is 0 Å². The Kier molecular flexibility index (Phi) is 3.47. The first kappa shape index (κ1) is 13.8. The third kappa shape index (κ3) is 2.54. The van der Waals surface area contributed by atoms with Gasteiger partial charge in [0.25, 0.3) is 0 Å². The Morgan fingerprint density at radius 3 is 2.62 bits per heavy atom. The summed E-state index contributed by atoms with van der Waals surface area (Å²) in [7, 11) is 0. The molecule has 0 atom stereocenters. The molecule has 0 radical (unpaired) electrons. The Hall–Kier alpha value is -2.21. The van der Waals surface area contributed by atoms with Gasteiger partial charge in [0, 0.05) is 10.5 Å². The highest BCUT2D eigenvalue weighted by molar-refractivity contribution is 9.10. The molecular formula is C15H9BrF2N2O. The van der Waals surface area contributed by atoms with Crippen LogP contribution >= 0.6 is 15.9 Å². The highest BCUT2D eigenvalue weighted by Crippen LogP contribution is 2.38. The molecule has 3 aromatic rings. The fraction of sp³-hybridized carbons (Fsp3) is 0. The van der Waals surface area contributed by atoms with Crippen LogP contribution in [0.2, 0.25) is 0 Å². The molecule has 2 aromatic carbocycles. The van der Waals surface area contributed by atoms with Crippen molar-refractivity contribution in [2.75, 3.05) is 5.73 Å². The van der Waals surface area contributed by atoms with Gasteiger partial charge in [-0.2, -0.15) is 0 Å². The van der Waals surface area contributed by atoms with Crippen molar-refractivity contribution in [1.82, 2.24) is 5.16 Å². The maximum atomic E-state index is 13.9. The number of nitrogens with zero attached hydrogens (tertiary/aromatic N) is 1. The van der Waals surface area contributed by atoms with E-state index >= 15 is 0 Å². The SMILES string of the molecule is Nc1noc(-c2ccc(F)cc2F)c1-c1cccc(Br)c1. The van der Waals surface area contributed by atoms with Gasteiger partial charge in [0.05, 0.1) is 11.1 Å². The smallest absolute Gasteiger partial charge is 0.179 e. The van der Waals surface area contributed by atoms with Gasteiger partial charge in [0.15, 0.2) is 11.6 Å². The number of nitrogens with two attached hydrogens (primary N) is 1. The molecule has 0 saturated carbocycles. The van der Waals surface area contributed by atoms with E-state index in [4.69, 9.17) is 10.3 Å². The average molecular weight is 351 g/mol. The van der Waals surface area contributed by atoms with Gasteiger partial charge in [-0.05, 0) is 29.8 Å². The van der Waals surface area contributed by atoms with Crippen LogP contribution in [0.3, 0.4) is 0 Å². The van der Waals surface area contributed by atoms with Gasteiger partial charge in [-0.3, -0.25) is 0 Å². The predicted molar refractivity (Wildman–Crippen MR) is 79.4 cm³/mol. The van der Waals surface area contributed by atoms with Crippen molar-refractivity contribution < 1.29 is 13.3 Å². The van der Waals surface area contributed by atoms with Crippen LogP contribution in [0.5, 0.6) is 0 Å². The minimum atomic E-state index is -0.734. The van der Waals surface area contributed by atoms with Gasteiger partial charge in [-0.25, -0.2) is 8.78 Å². The number of benzene rings is 2. The fourth-order valence-corrected chi connectivity index (χ4v) is 2.48. The number of hydrogen-bond donors (Lipinski definition) is 1. The first-order chi connectivity index (χ1) is 10.1. The highest BCUT2D eigenvalue weighted by atomic mass is 79.9. The molecule has 0 amide bonds. The molecule has 21 heavy (non-hydrogen) atoms. The van der Waals surface area contributed by atoms with Crippen LogP contribution in [-0.2, 0) is 0 Å². The lowest BCUT2D eigenvalue weighted by atomic mass is 10.0. The lowest BCUT2D eigenvalue weighted by molar-refractivity contribution is 0.433. The summed E-state index contributed by atoms with van der Waals surface area (Å²) in [6.07, 6.45) is 0. The summed E-state index contributed by atoms with van der Waals surface area (Å²) in [5.74, 6) is -1.08. The number of hydrogen-bond acceptors (Lipinski definition) is 3. The number of aromatic nitrogens is 1. The molecule has 0 fully saturated rings. The Morgan fingerprint density at radius 2 is 1.90 bits per heavy atom. The van der Waals surface area contributed by atoms with E-state index in [2.05, 4.69) is 21.1 Å². The highest BCUT2D eigenvalue weighted by Gasteiger charge is 2.20. The summed E-state index contributed by atoms with van der Waals surface area (Å²) in [4.78, 5) is 0. The van der Waals surface area contributed by atoms with E-state index in [9.17, 15) is 8.78 Å². The van der Waals surface area contributed by atoms with Gasteiger partial charge in [-0.1, -0.05) is 33.2 Å². The summed E-state index contributed by atoms with van der Waals surface area (Å²) in [5.41, 5.74) is 7.13. The molecule has 6 heteroatoms. The molecule has 3 nitrogen and oxygen atoms in total. The zero-order chi connectivity index (χ0) is 15.0. The van der Waals surface area contributed by atoms with E-state index in [1.54, 1.807) is 6.07 Å². The summed E-state index contributed by atoms with van der Waals surface area (Å²) < 4.78 is 33.0. The van der Waals surface area contributed by atoms with Gasteiger partial charge in [0.2, 0.25) is 0 Å². The maximum absolute atomic E-state index is 13.9. The molecule has 1 aromatic heterocycles. The van der Waals surface area contributed by atoms with Crippen molar-refractivity contribution in [3.63, 3.8) is 0 Å². The molecule has 0 spiro atoms.